The van der Waals surface area contributed by atoms with Crippen LogP contribution in [0.1, 0.15) is 48.9 Å². The maximum absolute atomic E-state index is 14.2. The molecule has 0 saturated carbocycles. The van der Waals surface area contributed by atoms with Crippen LogP contribution in [0, 0.1) is 0 Å². The lowest BCUT2D eigenvalue weighted by molar-refractivity contribution is -0.134. The van der Waals surface area contributed by atoms with Gasteiger partial charge in [0.2, 0.25) is 41.4 Å². The summed E-state index contributed by atoms with van der Waals surface area (Å²) in [6.45, 7) is -0.492. The van der Waals surface area contributed by atoms with Crippen molar-refractivity contribution in [1.82, 2.24) is 46.9 Å². The largest absolute Gasteiger partial charge is 0.508 e. The van der Waals surface area contributed by atoms with Crippen molar-refractivity contribution in [2.45, 2.75) is 87.6 Å². The number of hydrogen-bond donors (Lipinski definition) is 15. The van der Waals surface area contributed by atoms with Crippen LogP contribution >= 0.6 is 11.8 Å². The predicted octanol–water partition coefficient (Wildman–Crippen LogP) is -3.16. The van der Waals surface area contributed by atoms with Gasteiger partial charge in [-0.3, -0.25) is 43.5 Å². The van der Waals surface area contributed by atoms with Gasteiger partial charge in [0.15, 0.2) is 11.9 Å². The smallest absolute Gasteiger partial charge is 0.243 e. The number of H-pyrrole nitrogens is 2. The van der Waals surface area contributed by atoms with Gasteiger partial charge in [-0.05, 0) is 73.4 Å². The molecule has 71 heavy (non-hydrogen) atoms. The molecule has 2 aromatic heterocycles. The molecule has 0 aliphatic heterocycles. The van der Waals surface area contributed by atoms with Crippen molar-refractivity contribution in [3.63, 3.8) is 0 Å². The third-order valence-electron chi connectivity index (χ3n) is 10.9. The molecule has 6 atom stereocenters. The van der Waals surface area contributed by atoms with E-state index in [9.17, 15) is 38.7 Å². The van der Waals surface area contributed by atoms with E-state index in [2.05, 4.69) is 56.8 Å². The number of nitrogens with two attached hydrogens (primary N) is 6. The molecule has 0 saturated heterocycles. The number of carbonyl (C=O) groups is 7. The number of nitrogens with one attached hydrogen (secondary N) is 8. The Morgan fingerprint density at radius 2 is 1.25 bits per heavy atom. The second kappa shape index (κ2) is 28.6. The lowest BCUT2D eigenvalue weighted by Crippen LogP contribution is -2.58. The maximum Gasteiger partial charge on any atom is 0.243 e. The number of guanidine groups is 2. The standard InChI is InChI=1S/C45H65N17O8S/c1-71-17-14-32(38(47)65)59-41(68)34(9-5-16-54-45(50)51)61-42(69)35(18-25-10-12-28(63)13-11-25)58-37(64)23-56-40(67)33(8-4-15-53-44(48)49)60-43(70)36(19-26-21-55-31-7-3-2-6-29(26)31)62-39(66)30(46)20-27-22-52-24-57-27/h2-3,6-7,10-13,21-22,24,30,32-36,55,63H,4-5,8-9,14-20,23,46H2,1H3,(H2,47,65)(H,52,57)(H,56,67)(H,58,64)(H,59,68)(H,60,70)(H,61,69)(H,62,66)(H4,48,49,53)(H4,50,51,54)/t30-,32-,33+,34+,35+,36+/m1/s1. The van der Waals surface area contributed by atoms with E-state index in [1.807, 2.05) is 30.5 Å². The molecule has 0 radical (unpaired) electrons. The van der Waals surface area contributed by atoms with Gasteiger partial charge < -0.3 is 81.4 Å². The Labute approximate surface area is 413 Å². The number of fused-ring (bicyclic) bond motifs is 1. The van der Waals surface area contributed by atoms with E-state index < -0.39 is 84.1 Å². The highest BCUT2D eigenvalue weighted by Gasteiger charge is 2.32. The minimum absolute atomic E-state index is 0.00385. The number of benzene rings is 2. The molecule has 0 spiro atoms. The molecular formula is C45H65N17O8S. The van der Waals surface area contributed by atoms with Crippen LogP contribution in [-0.4, -0.2) is 141 Å². The Morgan fingerprint density at radius 3 is 1.85 bits per heavy atom. The maximum atomic E-state index is 14.2. The van der Waals surface area contributed by atoms with Crippen LogP contribution in [0.15, 0.2) is 77.2 Å². The molecule has 21 N–H and O–H groups in total. The second-order valence-electron chi connectivity index (χ2n) is 16.5. The molecule has 25 nitrogen and oxygen atoms in total. The molecule has 2 aromatic carbocycles. The van der Waals surface area contributed by atoms with Crippen LogP contribution in [0.3, 0.4) is 0 Å². The van der Waals surface area contributed by atoms with Crippen LogP contribution in [0.25, 0.3) is 10.9 Å². The molecular weight excluding hydrogens is 939 g/mol. The fourth-order valence-corrected chi connectivity index (χ4v) is 7.70. The van der Waals surface area contributed by atoms with Crippen LogP contribution < -0.4 is 66.3 Å². The first-order chi connectivity index (χ1) is 33.9. The van der Waals surface area contributed by atoms with Gasteiger partial charge in [0.1, 0.15) is 36.0 Å². The van der Waals surface area contributed by atoms with Crippen LogP contribution in [0.4, 0.5) is 0 Å². The molecule has 4 rings (SSSR count). The minimum atomic E-state index is -1.36. The van der Waals surface area contributed by atoms with Gasteiger partial charge in [0.05, 0.1) is 18.9 Å². The van der Waals surface area contributed by atoms with Gasteiger partial charge in [-0.1, -0.05) is 30.3 Å². The highest BCUT2D eigenvalue weighted by atomic mass is 32.2. The number of aliphatic imine (C=N–C) groups is 2. The van der Waals surface area contributed by atoms with Crippen molar-refractivity contribution in [2.75, 3.05) is 31.6 Å². The number of hydrogen-bond acceptors (Lipinski definition) is 13. The lowest BCUT2D eigenvalue weighted by atomic mass is 10.0. The van der Waals surface area contributed by atoms with Gasteiger partial charge in [-0.15, -0.1) is 0 Å². The average molecular weight is 1000 g/mol. The van der Waals surface area contributed by atoms with Crippen molar-refractivity contribution in [1.29, 1.82) is 0 Å². The number of rotatable bonds is 30. The summed E-state index contributed by atoms with van der Waals surface area (Å²) in [5, 5.41) is 26.5. The van der Waals surface area contributed by atoms with Crippen molar-refractivity contribution in [3.05, 3.63) is 84.1 Å². The number of imidazole rings is 1. The number of para-hydroxylation sites is 1. The number of aromatic amines is 2. The van der Waals surface area contributed by atoms with Crippen molar-refractivity contribution >= 4 is 75.9 Å². The molecule has 0 unspecified atom stereocenters. The molecule has 4 aromatic rings. The molecule has 0 fully saturated rings. The third-order valence-corrected chi connectivity index (χ3v) is 11.6. The molecule has 2 heterocycles. The average Bonchev–Trinajstić information content (AvgIpc) is 4.01. The summed E-state index contributed by atoms with van der Waals surface area (Å²) in [7, 11) is 0. The number of thioether (sulfide) groups is 1. The van der Waals surface area contributed by atoms with Crippen molar-refractivity contribution < 1.29 is 38.7 Å². The first kappa shape index (κ1) is 55.7. The number of amides is 7. The molecule has 0 aliphatic rings. The minimum Gasteiger partial charge on any atom is -0.508 e. The number of aromatic nitrogens is 3. The molecule has 26 heteroatoms. The van der Waals surface area contributed by atoms with E-state index in [-0.39, 0.29) is 82.1 Å². The Balaban J connectivity index is 1.54. The number of phenols is 1. The number of aromatic hydroxyl groups is 1. The Bertz CT molecular complexity index is 2460. The van der Waals surface area contributed by atoms with E-state index in [4.69, 9.17) is 34.4 Å². The first-order valence-corrected chi connectivity index (χ1v) is 24.1. The van der Waals surface area contributed by atoms with E-state index in [0.29, 0.717) is 22.6 Å². The number of phenolic OH excluding ortho intramolecular Hbond substituents is 1. The van der Waals surface area contributed by atoms with Gasteiger partial charge in [0.25, 0.3) is 0 Å². The van der Waals surface area contributed by atoms with Gasteiger partial charge in [0, 0.05) is 61.3 Å². The molecule has 0 bridgehead atoms. The number of nitrogens with zero attached hydrogens (tertiary/aromatic N) is 3. The predicted molar refractivity (Wildman–Crippen MR) is 269 cm³/mol. The first-order valence-electron chi connectivity index (χ1n) is 22.7. The zero-order valence-corrected chi connectivity index (χ0v) is 40.1. The number of carbonyl (C=O) groups excluding carboxylic acids is 7. The van der Waals surface area contributed by atoms with E-state index in [1.54, 1.807) is 6.20 Å². The zero-order valence-electron chi connectivity index (χ0n) is 39.3. The van der Waals surface area contributed by atoms with Crippen molar-refractivity contribution in [2.24, 2.45) is 44.4 Å². The summed E-state index contributed by atoms with van der Waals surface area (Å²) in [5.74, 6) is -5.23. The van der Waals surface area contributed by atoms with Crippen molar-refractivity contribution in [3.8, 4) is 5.75 Å². The topological polar surface area (TPSA) is 437 Å². The fourth-order valence-electron chi connectivity index (χ4n) is 7.23. The van der Waals surface area contributed by atoms with E-state index in [0.717, 1.165) is 10.9 Å². The summed E-state index contributed by atoms with van der Waals surface area (Å²) < 4.78 is 0. The molecule has 384 valence electrons. The second-order valence-corrected chi connectivity index (χ2v) is 17.5. The normalized spacial score (nSPS) is 13.5. The van der Waals surface area contributed by atoms with Crippen LogP contribution in [-0.2, 0) is 52.8 Å². The van der Waals surface area contributed by atoms with E-state index >= 15 is 0 Å². The third kappa shape index (κ3) is 19.2. The Hall–Kier alpha value is -7.87. The summed E-state index contributed by atoms with van der Waals surface area (Å²) in [5.41, 5.74) is 36.4. The van der Waals surface area contributed by atoms with Gasteiger partial charge in [-0.2, -0.15) is 11.8 Å². The van der Waals surface area contributed by atoms with Gasteiger partial charge >= 0.3 is 0 Å². The van der Waals surface area contributed by atoms with Crippen LogP contribution in [0.2, 0.25) is 0 Å². The summed E-state index contributed by atoms with van der Waals surface area (Å²) in [6.07, 6.45) is 7.11. The Kier molecular flexibility index (Phi) is 22.4. The number of primary amides is 1. The highest BCUT2D eigenvalue weighted by molar-refractivity contribution is 7.98. The quantitative estimate of drug-likeness (QED) is 0.0139. The molecule has 7 amide bonds. The zero-order chi connectivity index (χ0) is 51.9. The summed E-state index contributed by atoms with van der Waals surface area (Å²) >= 11 is 1.44. The fraction of sp³-hybridized carbons (Fsp3) is 0.422. The summed E-state index contributed by atoms with van der Waals surface area (Å²) in [6, 6.07) is 5.97. The Morgan fingerprint density at radius 1 is 0.676 bits per heavy atom. The SMILES string of the molecule is CSCC[C@@H](NC(=O)[C@H](CCCN=C(N)N)NC(=O)[C@H](Cc1ccc(O)cc1)NC(=O)CNC(=O)[C@H](CCCN=C(N)N)NC(=O)[C@H](Cc1c[nH]c2ccccc12)NC(=O)[C@H](N)Cc1cnc[nH]1)C(N)=O. The highest BCUT2D eigenvalue weighted by Crippen LogP contribution is 2.20. The van der Waals surface area contributed by atoms with Gasteiger partial charge in [-0.25, -0.2) is 4.98 Å². The monoisotopic (exact) mass is 1000 g/mol. The van der Waals surface area contributed by atoms with E-state index in [1.165, 1.54) is 48.6 Å². The lowest BCUT2D eigenvalue weighted by Gasteiger charge is -2.25. The molecule has 0 aliphatic carbocycles. The summed E-state index contributed by atoms with van der Waals surface area (Å²) in [4.78, 5) is 113. The van der Waals surface area contributed by atoms with Crippen LogP contribution in [0.5, 0.6) is 5.75 Å².